The van der Waals surface area contributed by atoms with Gasteiger partial charge in [0.2, 0.25) is 0 Å². The lowest BCUT2D eigenvalue weighted by Crippen LogP contribution is -2.24. The number of carbonyl (C=O) groups excluding carboxylic acids is 1. The summed E-state index contributed by atoms with van der Waals surface area (Å²) >= 11 is 0. The third-order valence-electron chi connectivity index (χ3n) is 3.87. The van der Waals surface area contributed by atoms with Gasteiger partial charge in [0.25, 0.3) is 5.91 Å². The van der Waals surface area contributed by atoms with E-state index in [1.807, 2.05) is 43.4 Å². The number of pyridine rings is 2. The third kappa shape index (κ3) is 4.64. The molecule has 3 rings (SSSR count). The first-order chi connectivity index (χ1) is 12.2. The summed E-state index contributed by atoms with van der Waals surface area (Å²) in [6, 6.07) is 15.8. The van der Waals surface area contributed by atoms with Crippen LogP contribution in [0.4, 0.5) is 5.69 Å². The predicted octanol–water partition coefficient (Wildman–Crippen LogP) is 3.04. The van der Waals surface area contributed by atoms with Crippen LogP contribution in [0.2, 0.25) is 0 Å². The second-order valence-corrected chi connectivity index (χ2v) is 5.82. The lowest BCUT2D eigenvalue weighted by molar-refractivity contribution is 0.0950. The van der Waals surface area contributed by atoms with E-state index < -0.39 is 0 Å². The van der Waals surface area contributed by atoms with Crippen LogP contribution in [0.5, 0.6) is 0 Å². The standard InChI is InChI=1S/C20H20N4O/c1-24(15-16-6-3-2-4-7-16)19-10-18(13-22-14-19)20(25)23-12-17-8-5-9-21-11-17/h2-11,13-14H,12,15H2,1H3,(H,23,25). The Bertz CT molecular complexity index is 821. The average molecular weight is 332 g/mol. The van der Waals surface area contributed by atoms with Gasteiger partial charge in [-0.15, -0.1) is 0 Å². The van der Waals surface area contributed by atoms with Crippen molar-refractivity contribution in [3.8, 4) is 0 Å². The van der Waals surface area contributed by atoms with Crippen molar-refractivity contribution in [2.24, 2.45) is 0 Å². The number of carbonyl (C=O) groups is 1. The van der Waals surface area contributed by atoms with Gasteiger partial charge < -0.3 is 10.2 Å². The summed E-state index contributed by atoms with van der Waals surface area (Å²) < 4.78 is 0. The number of nitrogens with zero attached hydrogens (tertiary/aromatic N) is 3. The van der Waals surface area contributed by atoms with Crippen LogP contribution >= 0.6 is 0 Å². The van der Waals surface area contributed by atoms with Crippen LogP contribution in [0, 0.1) is 0 Å². The average Bonchev–Trinajstić information content (AvgIpc) is 2.68. The van der Waals surface area contributed by atoms with Gasteiger partial charge in [-0.1, -0.05) is 36.4 Å². The second kappa shape index (κ2) is 8.06. The molecule has 0 fully saturated rings. The Labute approximate surface area is 147 Å². The van der Waals surface area contributed by atoms with Gasteiger partial charge in [-0.3, -0.25) is 14.8 Å². The molecule has 0 radical (unpaired) electrons. The minimum Gasteiger partial charge on any atom is -0.369 e. The molecule has 0 spiro atoms. The molecule has 0 saturated heterocycles. The van der Waals surface area contributed by atoms with Crippen molar-refractivity contribution < 1.29 is 4.79 Å². The Kier molecular flexibility index (Phi) is 5.36. The molecule has 2 aromatic heterocycles. The molecular formula is C20H20N4O. The summed E-state index contributed by atoms with van der Waals surface area (Å²) in [7, 11) is 1.99. The normalized spacial score (nSPS) is 10.3. The zero-order valence-electron chi connectivity index (χ0n) is 14.1. The minimum atomic E-state index is -0.147. The second-order valence-electron chi connectivity index (χ2n) is 5.82. The molecule has 5 nitrogen and oxygen atoms in total. The van der Waals surface area contributed by atoms with E-state index >= 15 is 0 Å². The highest BCUT2D eigenvalue weighted by atomic mass is 16.1. The number of rotatable bonds is 6. The van der Waals surface area contributed by atoms with E-state index in [1.165, 1.54) is 5.56 Å². The van der Waals surface area contributed by atoms with E-state index in [2.05, 4.69) is 32.3 Å². The van der Waals surface area contributed by atoms with Crippen LogP contribution in [0.15, 0.2) is 73.3 Å². The number of benzene rings is 1. The molecule has 0 bridgehead atoms. The van der Waals surface area contributed by atoms with Crippen LogP contribution in [-0.2, 0) is 13.1 Å². The highest BCUT2D eigenvalue weighted by molar-refractivity contribution is 5.94. The molecule has 0 atom stereocenters. The van der Waals surface area contributed by atoms with Crippen LogP contribution in [0.3, 0.4) is 0 Å². The van der Waals surface area contributed by atoms with E-state index in [0.717, 1.165) is 17.8 Å². The quantitative estimate of drug-likeness (QED) is 0.754. The lowest BCUT2D eigenvalue weighted by atomic mass is 10.2. The first-order valence-electron chi connectivity index (χ1n) is 8.09. The third-order valence-corrected chi connectivity index (χ3v) is 3.87. The van der Waals surface area contributed by atoms with Gasteiger partial charge in [0, 0.05) is 38.7 Å². The Morgan fingerprint density at radius 2 is 1.80 bits per heavy atom. The first kappa shape index (κ1) is 16.6. The summed E-state index contributed by atoms with van der Waals surface area (Å²) in [5, 5.41) is 2.89. The summed E-state index contributed by atoms with van der Waals surface area (Å²) in [6.45, 7) is 1.19. The molecule has 1 amide bonds. The zero-order chi connectivity index (χ0) is 17.5. The molecule has 126 valence electrons. The SMILES string of the molecule is CN(Cc1ccccc1)c1cncc(C(=O)NCc2cccnc2)c1. The Hall–Kier alpha value is -3.21. The van der Waals surface area contributed by atoms with Crippen LogP contribution in [-0.4, -0.2) is 22.9 Å². The molecule has 0 aliphatic carbocycles. The fourth-order valence-corrected chi connectivity index (χ4v) is 2.50. The van der Waals surface area contributed by atoms with Crippen molar-refractivity contribution in [1.82, 2.24) is 15.3 Å². The molecule has 0 unspecified atom stereocenters. The highest BCUT2D eigenvalue weighted by Crippen LogP contribution is 2.16. The van der Waals surface area contributed by atoms with Crippen LogP contribution in [0.1, 0.15) is 21.5 Å². The van der Waals surface area contributed by atoms with Crippen molar-refractivity contribution in [2.45, 2.75) is 13.1 Å². The largest absolute Gasteiger partial charge is 0.369 e. The fraction of sp³-hybridized carbons (Fsp3) is 0.150. The van der Waals surface area contributed by atoms with E-state index in [1.54, 1.807) is 24.8 Å². The molecule has 25 heavy (non-hydrogen) atoms. The number of anilines is 1. The monoisotopic (exact) mass is 332 g/mol. The molecule has 0 saturated carbocycles. The number of hydrogen-bond acceptors (Lipinski definition) is 4. The molecule has 3 aromatic rings. The van der Waals surface area contributed by atoms with Crippen molar-refractivity contribution in [2.75, 3.05) is 11.9 Å². The van der Waals surface area contributed by atoms with Gasteiger partial charge in [0.15, 0.2) is 0 Å². The van der Waals surface area contributed by atoms with Gasteiger partial charge in [-0.25, -0.2) is 0 Å². The Morgan fingerprint density at radius 3 is 2.56 bits per heavy atom. The van der Waals surface area contributed by atoms with Crippen LogP contribution < -0.4 is 10.2 Å². The van der Waals surface area contributed by atoms with Crippen molar-refractivity contribution in [1.29, 1.82) is 0 Å². The number of nitrogens with one attached hydrogen (secondary N) is 1. The highest BCUT2D eigenvalue weighted by Gasteiger charge is 2.09. The fourth-order valence-electron chi connectivity index (χ4n) is 2.50. The van der Waals surface area contributed by atoms with E-state index in [4.69, 9.17) is 0 Å². The lowest BCUT2D eigenvalue weighted by Gasteiger charge is -2.19. The van der Waals surface area contributed by atoms with Crippen molar-refractivity contribution in [3.05, 3.63) is 90.0 Å². The summed E-state index contributed by atoms with van der Waals surface area (Å²) in [5.74, 6) is -0.147. The maximum Gasteiger partial charge on any atom is 0.253 e. The molecule has 0 aliphatic heterocycles. The Balaban J connectivity index is 1.65. The van der Waals surface area contributed by atoms with E-state index in [-0.39, 0.29) is 5.91 Å². The molecule has 2 heterocycles. The smallest absolute Gasteiger partial charge is 0.253 e. The van der Waals surface area contributed by atoms with Gasteiger partial charge in [-0.2, -0.15) is 0 Å². The van der Waals surface area contributed by atoms with Gasteiger partial charge in [-0.05, 0) is 23.3 Å². The predicted molar refractivity (Wildman–Crippen MR) is 98.2 cm³/mol. The van der Waals surface area contributed by atoms with Gasteiger partial charge in [0.1, 0.15) is 0 Å². The van der Waals surface area contributed by atoms with Crippen molar-refractivity contribution >= 4 is 11.6 Å². The molecular weight excluding hydrogens is 312 g/mol. The molecule has 1 N–H and O–H groups in total. The number of amides is 1. The molecule has 0 aliphatic rings. The zero-order valence-corrected chi connectivity index (χ0v) is 14.1. The van der Waals surface area contributed by atoms with Crippen molar-refractivity contribution in [3.63, 3.8) is 0 Å². The summed E-state index contributed by atoms with van der Waals surface area (Å²) in [5.41, 5.74) is 3.61. The van der Waals surface area contributed by atoms with Crippen LogP contribution in [0.25, 0.3) is 0 Å². The number of aromatic nitrogens is 2. The molecule has 5 heteroatoms. The molecule has 1 aromatic carbocycles. The van der Waals surface area contributed by atoms with E-state index in [9.17, 15) is 4.79 Å². The summed E-state index contributed by atoms with van der Waals surface area (Å²) in [6.07, 6.45) is 6.79. The first-order valence-corrected chi connectivity index (χ1v) is 8.09. The number of hydrogen-bond donors (Lipinski definition) is 1. The topological polar surface area (TPSA) is 58.1 Å². The Morgan fingerprint density at radius 1 is 1.00 bits per heavy atom. The maximum absolute atomic E-state index is 12.4. The van der Waals surface area contributed by atoms with Gasteiger partial charge in [0.05, 0.1) is 17.4 Å². The maximum atomic E-state index is 12.4. The minimum absolute atomic E-state index is 0.147. The van der Waals surface area contributed by atoms with Gasteiger partial charge >= 0.3 is 0 Å². The van der Waals surface area contributed by atoms with E-state index in [0.29, 0.717) is 12.1 Å². The summed E-state index contributed by atoms with van der Waals surface area (Å²) in [4.78, 5) is 22.7.